The van der Waals surface area contributed by atoms with E-state index >= 15 is 0 Å². The summed E-state index contributed by atoms with van der Waals surface area (Å²) in [5.74, 6) is 2.82. The molecule has 3 unspecified atom stereocenters. The predicted molar refractivity (Wildman–Crippen MR) is 124 cm³/mol. The molecule has 0 radical (unpaired) electrons. The third-order valence-electron chi connectivity index (χ3n) is 6.51. The van der Waals surface area contributed by atoms with Gasteiger partial charge in [0.1, 0.15) is 5.84 Å². The first-order chi connectivity index (χ1) is 15.3. The van der Waals surface area contributed by atoms with Gasteiger partial charge in [0, 0.05) is 38.6 Å². The SMILES string of the molecule is CSc1nc2n(n1)CC1C(Cc3ccccc3)CN=C(NCCN3CCOCC3)C1N2. The highest BCUT2D eigenvalue weighted by Gasteiger charge is 2.41. The van der Waals surface area contributed by atoms with Crippen molar-refractivity contribution in [2.24, 2.45) is 16.8 Å². The van der Waals surface area contributed by atoms with Gasteiger partial charge in [0.2, 0.25) is 11.1 Å². The molecule has 3 atom stereocenters. The van der Waals surface area contributed by atoms with Gasteiger partial charge in [-0.25, -0.2) is 4.68 Å². The maximum atomic E-state index is 5.46. The number of amidine groups is 1. The fraction of sp³-hybridized carbons (Fsp3) is 0.591. The van der Waals surface area contributed by atoms with Crippen LogP contribution in [0.25, 0.3) is 0 Å². The van der Waals surface area contributed by atoms with E-state index < -0.39 is 0 Å². The lowest BCUT2D eigenvalue weighted by Gasteiger charge is -2.41. The molecule has 2 N–H and O–H groups in total. The van der Waals surface area contributed by atoms with Gasteiger partial charge in [-0.1, -0.05) is 42.1 Å². The zero-order valence-electron chi connectivity index (χ0n) is 18.0. The van der Waals surface area contributed by atoms with Crippen molar-refractivity contribution in [3.05, 3.63) is 35.9 Å². The van der Waals surface area contributed by atoms with E-state index in [1.807, 2.05) is 10.9 Å². The third kappa shape index (κ3) is 4.73. The van der Waals surface area contributed by atoms with Crippen molar-refractivity contribution in [3.63, 3.8) is 0 Å². The van der Waals surface area contributed by atoms with E-state index in [0.29, 0.717) is 11.8 Å². The molecule has 0 saturated carbocycles. The van der Waals surface area contributed by atoms with Crippen LogP contribution in [0.4, 0.5) is 5.95 Å². The van der Waals surface area contributed by atoms with Crippen molar-refractivity contribution in [1.29, 1.82) is 0 Å². The predicted octanol–water partition coefficient (Wildman–Crippen LogP) is 1.60. The second kappa shape index (κ2) is 9.58. The summed E-state index contributed by atoms with van der Waals surface area (Å²) in [4.78, 5) is 12.1. The largest absolute Gasteiger partial charge is 0.379 e. The molecule has 2 aromatic rings. The summed E-state index contributed by atoms with van der Waals surface area (Å²) in [7, 11) is 0. The van der Waals surface area contributed by atoms with E-state index in [1.54, 1.807) is 11.8 Å². The number of hydrogen-bond donors (Lipinski definition) is 2. The van der Waals surface area contributed by atoms with E-state index in [9.17, 15) is 0 Å². The summed E-state index contributed by atoms with van der Waals surface area (Å²) in [6, 6.07) is 10.9. The number of benzene rings is 1. The van der Waals surface area contributed by atoms with Gasteiger partial charge in [0.25, 0.3) is 0 Å². The van der Waals surface area contributed by atoms with E-state index in [0.717, 1.165) is 75.8 Å². The molecule has 1 saturated heterocycles. The fourth-order valence-electron chi connectivity index (χ4n) is 4.80. The Labute approximate surface area is 187 Å². The number of nitrogens with zero attached hydrogens (tertiary/aromatic N) is 5. The number of hydrogen-bond acceptors (Lipinski definition) is 8. The molecule has 1 aromatic carbocycles. The molecular formula is C22H31N7OS. The highest BCUT2D eigenvalue weighted by atomic mass is 32.2. The van der Waals surface area contributed by atoms with Crippen LogP contribution in [0.2, 0.25) is 0 Å². The minimum Gasteiger partial charge on any atom is -0.379 e. The van der Waals surface area contributed by atoms with E-state index in [4.69, 9.17) is 9.73 Å². The number of anilines is 1. The maximum absolute atomic E-state index is 5.46. The summed E-state index contributed by atoms with van der Waals surface area (Å²) in [5.41, 5.74) is 1.37. The second-order valence-electron chi connectivity index (χ2n) is 8.45. The Morgan fingerprint density at radius 2 is 2.06 bits per heavy atom. The molecule has 0 aliphatic carbocycles. The molecule has 1 fully saturated rings. The smallest absolute Gasteiger partial charge is 0.222 e. The number of rotatable bonds is 6. The van der Waals surface area contributed by atoms with E-state index in [-0.39, 0.29) is 6.04 Å². The Bertz CT molecular complexity index is 897. The Hall–Kier alpha value is -2.10. The lowest BCUT2D eigenvalue weighted by Crippen LogP contribution is -2.55. The van der Waals surface area contributed by atoms with Crippen molar-refractivity contribution in [1.82, 2.24) is 25.0 Å². The Kier molecular flexibility index (Phi) is 6.42. The van der Waals surface area contributed by atoms with Gasteiger partial charge in [0.05, 0.1) is 25.8 Å². The highest BCUT2D eigenvalue weighted by molar-refractivity contribution is 7.98. The first kappa shape index (κ1) is 20.8. The summed E-state index contributed by atoms with van der Waals surface area (Å²) in [6.07, 6.45) is 3.06. The van der Waals surface area contributed by atoms with Crippen LogP contribution in [0.5, 0.6) is 0 Å². The first-order valence-corrected chi connectivity index (χ1v) is 12.4. The monoisotopic (exact) mass is 441 g/mol. The number of aliphatic imine (C=N–C) groups is 1. The number of nitrogens with one attached hydrogen (secondary N) is 2. The van der Waals surface area contributed by atoms with Crippen molar-refractivity contribution in [2.45, 2.75) is 24.2 Å². The Morgan fingerprint density at radius 3 is 2.87 bits per heavy atom. The fourth-order valence-corrected chi connectivity index (χ4v) is 5.16. The summed E-state index contributed by atoms with van der Waals surface area (Å²) in [6.45, 7) is 7.33. The van der Waals surface area contributed by atoms with Crippen LogP contribution in [0.1, 0.15) is 5.56 Å². The minimum atomic E-state index is 0.151. The van der Waals surface area contributed by atoms with Crippen LogP contribution in [0.3, 0.4) is 0 Å². The molecule has 9 heteroatoms. The van der Waals surface area contributed by atoms with Crippen molar-refractivity contribution < 1.29 is 4.74 Å². The molecule has 4 heterocycles. The van der Waals surface area contributed by atoms with Gasteiger partial charge < -0.3 is 15.4 Å². The molecule has 31 heavy (non-hydrogen) atoms. The van der Waals surface area contributed by atoms with E-state index in [1.165, 1.54) is 5.56 Å². The summed E-state index contributed by atoms with van der Waals surface area (Å²) < 4.78 is 7.50. The topological polar surface area (TPSA) is 79.6 Å². The van der Waals surface area contributed by atoms with Gasteiger partial charge in [-0.3, -0.25) is 9.89 Å². The lowest BCUT2D eigenvalue weighted by molar-refractivity contribution is 0.0389. The number of thioether (sulfide) groups is 1. The van der Waals surface area contributed by atoms with E-state index in [2.05, 4.69) is 55.9 Å². The summed E-state index contributed by atoms with van der Waals surface area (Å²) >= 11 is 1.58. The number of ether oxygens (including phenoxy) is 1. The van der Waals surface area contributed by atoms with Gasteiger partial charge in [-0.2, -0.15) is 4.98 Å². The van der Waals surface area contributed by atoms with Gasteiger partial charge in [-0.05, 0) is 24.2 Å². The Morgan fingerprint density at radius 1 is 1.23 bits per heavy atom. The molecule has 0 amide bonds. The molecule has 8 nitrogen and oxygen atoms in total. The van der Waals surface area contributed by atoms with Crippen LogP contribution >= 0.6 is 11.8 Å². The first-order valence-electron chi connectivity index (χ1n) is 11.2. The van der Waals surface area contributed by atoms with Crippen molar-refractivity contribution >= 4 is 23.5 Å². The van der Waals surface area contributed by atoms with Crippen molar-refractivity contribution in [2.75, 3.05) is 57.5 Å². The third-order valence-corrected chi connectivity index (χ3v) is 7.04. The average Bonchev–Trinajstić information content (AvgIpc) is 3.23. The van der Waals surface area contributed by atoms with Crippen LogP contribution < -0.4 is 10.6 Å². The molecule has 0 bridgehead atoms. The van der Waals surface area contributed by atoms with Gasteiger partial charge in [0.15, 0.2) is 0 Å². The van der Waals surface area contributed by atoms with Crippen molar-refractivity contribution in [3.8, 4) is 0 Å². The quantitative estimate of drug-likeness (QED) is 0.659. The molecule has 1 aromatic heterocycles. The minimum absolute atomic E-state index is 0.151. The lowest BCUT2D eigenvalue weighted by atomic mass is 9.78. The van der Waals surface area contributed by atoms with Crippen LogP contribution in [0, 0.1) is 11.8 Å². The van der Waals surface area contributed by atoms with Crippen LogP contribution in [0.15, 0.2) is 40.5 Å². The molecule has 0 spiro atoms. The van der Waals surface area contributed by atoms with Gasteiger partial charge >= 0.3 is 0 Å². The van der Waals surface area contributed by atoms with Crippen LogP contribution in [-0.4, -0.2) is 83.7 Å². The van der Waals surface area contributed by atoms with Gasteiger partial charge in [-0.15, -0.1) is 5.10 Å². The second-order valence-corrected chi connectivity index (χ2v) is 9.22. The summed E-state index contributed by atoms with van der Waals surface area (Å²) in [5, 5.41) is 12.8. The zero-order chi connectivity index (χ0) is 21.0. The molecule has 3 aliphatic heterocycles. The number of fused-ring (bicyclic) bond motifs is 2. The maximum Gasteiger partial charge on any atom is 0.222 e. The van der Waals surface area contributed by atoms with Crippen LogP contribution in [-0.2, 0) is 17.7 Å². The number of morpholine rings is 1. The normalized spacial score (nSPS) is 25.8. The standard InChI is InChI=1S/C22H31N7OS/c1-31-22-26-21-25-19-18(15-29(21)27-22)17(13-16-5-3-2-4-6-16)14-24-20(19)23-7-8-28-9-11-30-12-10-28/h2-6,17-19H,7-15H2,1H3,(H,23,24)(H,25,26,27). The highest BCUT2D eigenvalue weighted by Crippen LogP contribution is 2.33. The Balaban J connectivity index is 1.31. The molecule has 3 aliphatic rings. The zero-order valence-corrected chi connectivity index (χ0v) is 18.9. The molecule has 5 rings (SSSR count). The number of aromatic nitrogens is 3. The molecule has 166 valence electrons. The molecular weight excluding hydrogens is 410 g/mol. The average molecular weight is 442 g/mol.